The predicted molar refractivity (Wildman–Crippen MR) is 37.3 cm³/mol. The van der Waals surface area contributed by atoms with Crippen molar-refractivity contribution < 1.29 is 4.43 Å². The molecule has 0 aliphatic heterocycles. The number of hydrogen-bond donors (Lipinski definition) is 0. The molecule has 1 aliphatic carbocycles. The van der Waals surface area contributed by atoms with Gasteiger partial charge in [0.1, 0.15) is 0 Å². The van der Waals surface area contributed by atoms with Crippen LogP contribution >= 0.6 is 0 Å². The molecule has 0 saturated carbocycles. The molecule has 0 bridgehead atoms. The van der Waals surface area contributed by atoms with Crippen molar-refractivity contribution in [1.29, 1.82) is 0 Å². The Morgan fingerprint density at radius 2 is 2.25 bits per heavy atom. The molecular formula is C6H12OSi. The van der Waals surface area contributed by atoms with Gasteiger partial charge >= 0.3 is 0 Å². The van der Waals surface area contributed by atoms with Crippen LogP contribution in [0.25, 0.3) is 0 Å². The van der Waals surface area contributed by atoms with E-state index >= 15 is 0 Å². The largest absolute Gasteiger partial charge is 0.550 e. The van der Waals surface area contributed by atoms with Gasteiger partial charge in [0.15, 0.2) is 0 Å². The zero-order chi connectivity index (χ0) is 5.98. The second-order valence-electron chi connectivity index (χ2n) is 2.38. The zero-order valence-corrected chi connectivity index (χ0v) is 6.63. The van der Waals surface area contributed by atoms with Crippen molar-refractivity contribution in [3.8, 4) is 0 Å². The van der Waals surface area contributed by atoms with E-state index in [1.54, 1.807) is 0 Å². The normalized spacial score (nSPS) is 17.6. The fourth-order valence-electron chi connectivity index (χ4n) is 0.672. The second-order valence-corrected chi connectivity index (χ2v) is 4.71. The van der Waals surface area contributed by atoms with Gasteiger partial charge in [-0.2, -0.15) is 0 Å². The Morgan fingerprint density at radius 3 is 2.38 bits per heavy atom. The predicted octanol–water partition coefficient (Wildman–Crippen LogP) is 1.66. The Hall–Kier alpha value is -0.243. The van der Waals surface area contributed by atoms with Crippen molar-refractivity contribution in [2.75, 3.05) is 0 Å². The molecule has 0 heterocycles. The summed E-state index contributed by atoms with van der Waals surface area (Å²) >= 11 is 0. The summed E-state index contributed by atoms with van der Waals surface area (Å²) in [5.74, 6) is 1.24. The van der Waals surface area contributed by atoms with E-state index in [1.165, 1.54) is 18.6 Å². The summed E-state index contributed by atoms with van der Waals surface area (Å²) in [4.78, 5) is 0. The van der Waals surface area contributed by atoms with E-state index in [1.807, 2.05) is 0 Å². The molecular weight excluding hydrogens is 116 g/mol. The molecule has 1 aliphatic rings. The van der Waals surface area contributed by atoms with Gasteiger partial charge < -0.3 is 4.43 Å². The van der Waals surface area contributed by atoms with Crippen LogP contribution in [0.2, 0.25) is 13.1 Å². The van der Waals surface area contributed by atoms with Gasteiger partial charge in [-0.25, -0.2) is 0 Å². The first-order valence-corrected chi connectivity index (χ1v) is 5.93. The van der Waals surface area contributed by atoms with Crippen LogP contribution in [0.15, 0.2) is 11.8 Å². The summed E-state index contributed by atoms with van der Waals surface area (Å²) in [6, 6.07) is 0. The van der Waals surface area contributed by atoms with Crippen LogP contribution in [0.4, 0.5) is 0 Å². The van der Waals surface area contributed by atoms with Gasteiger partial charge in [-0.3, -0.25) is 0 Å². The summed E-state index contributed by atoms with van der Waals surface area (Å²) in [7, 11) is -0.763. The van der Waals surface area contributed by atoms with E-state index in [4.69, 9.17) is 4.43 Å². The lowest BCUT2D eigenvalue weighted by atomic mass is 10.1. The third-order valence-corrected chi connectivity index (χ3v) is 1.92. The van der Waals surface area contributed by atoms with E-state index < -0.39 is 9.04 Å². The van der Waals surface area contributed by atoms with Gasteiger partial charge in [0.2, 0.25) is 9.04 Å². The first-order valence-electron chi connectivity index (χ1n) is 3.15. The highest BCUT2D eigenvalue weighted by Gasteiger charge is 2.07. The van der Waals surface area contributed by atoms with Crippen LogP contribution in [-0.2, 0) is 4.43 Å². The zero-order valence-electron chi connectivity index (χ0n) is 5.48. The maximum absolute atomic E-state index is 5.49. The molecule has 0 fully saturated rings. The van der Waals surface area contributed by atoms with Crippen molar-refractivity contribution in [2.45, 2.75) is 25.9 Å². The molecule has 1 rings (SSSR count). The van der Waals surface area contributed by atoms with Gasteiger partial charge in [-0.1, -0.05) is 0 Å². The first kappa shape index (κ1) is 5.89. The lowest BCUT2D eigenvalue weighted by molar-refractivity contribution is 0.391. The van der Waals surface area contributed by atoms with Crippen LogP contribution in [0, 0.1) is 0 Å². The Balaban J connectivity index is 2.19. The van der Waals surface area contributed by atoms with Gasteiger partial charge in [0, 0.05) is 6.42 Å². The third kappa shape index (κ3) is 1.37. The minimum Gasteiger partial charge on any atom is -0.550 e. The fraction of sp³-hybridized carbons (Fsp3) is 0.667. The molecule has 0 unspecified atom stereocenters. The standard InChI is InChI=1S/C6H12OSi/c1-8(2)7-6-4-3-5-6/h4,8H,3,5H2,1-2H3. The summed E-state index contributed by atoms with van der Waals surface area (Å²) in [5.41, 5.74) is 0. The summed E-state index contributed by atoms with van der Waals surface area (Å²) < 4.78 is 5.49. The maximum Gasteiger partial charge on any atom is 0.229 e. The van der Waals surface area contributed by atoms with E-state index in [2.05, 4.69) is 19.2 Å². The summed E-state index contributed by atoms with van der Waals surface area (Å²) in [6.07, 6.45) is 4.59. The average molecular weight is 128 g/mol. The van der Waals surface area contributed by atoms with Gasteiger partial charge in [-0.15, -0.1) is 0 Å². The molecule has 0 aromatic carbocycles. The first-order chi connectivity index (χ1) is 3.79. The van der Waals surface area contributed by atoms with E-state index in [0.29, 0.717) is 0 Å². The van der Waals surface area contributed by atoms with Gasteiger partial charge in [-0.05, 0) is 25.6 Å². The molecule has 0 spiro atoms. The van der Waals surface area contributed by atoms with Crippen molar-refractivity contribution in [1.82, 2.24) is 0 Å². The maximum atomic E-state index is 5.49. The highest BCUT2D eigenvalue weighted by atomic mass is 28.3. The number of hydrogen-bond acceptors (Lipinski definition) is 1. The van der Waals surface area contributed by atoms with Crippen LogP contribution in [0.1, 0.15) is 12.8 Å². The minimum atomic E-state index is -0.763. The molecule has 0 N–H and O–H groups in total. The van der Waals surface area contributed by atoms with Gasteiger partial charge in [0.25, 0.3) is 0 Å². The second kappa shape index (κ2) is 2.35. The van der Waals surface area contributed by atoms with Crippen molar-refractivity contribution in [3.63, 3.8) is 0 Å². The SMILES string of the molecule is C[SiH](C)OC1=CCC1. The van der Waals surface area contributed by atoms with E-state index in [0.717, 1.165) is 0 Å². The molecule has 0 saturated heterocycles. The Labute approximate surface area is 52.1 Å². The van der Waals surface area contributed by atoms with Crippen LogP contribution < -0.4 is 0 Å². The Morgan fingerprint density at radius 1 is 1.62 bits per heavy atom. The molecule has 0 aromatic rings. The molecule has 0 amide bonds. The molecule has 0 aromatic heterocycles. The van der Waals surface area contributed by atoms with Crippen LogP contribution in [0.5, 0.6) is 0 Å². The lowest BCUT2D eigenvalue weighted by Gasteiger charge is -2.18. The van der Waals surface area contributed by atoms with Gasteiger partial charge in [0.05, 0.1) is 5.76 Å². The van der Waals surface area contributed by atoms with E-state index in [9.17, 15) is 0 Å². The van der Waals surface area contributed by atoms with Crippen LogP contribution in [-0.4, -0.2) is 9.04 Å². The van der Waals surface area contributed by atoms with Crippen molar-refractivity contribution >= 4 is 9.04 Å². The molecule has 0 radical (unpaired) electrons. The fourth-order valence-corrected chi connectivity index (χ4v) is 1.49. The van der Waals surface area contributed by atoms with Crippen molar-refractivity contribution in [3.05, 3.63) is 11.8 Å². The minimum absolute atomic E-state index is 0.763. The Bertz CT molecular complexity index is 107. The Kier molecular flexibility index (Phi) is 1.73. The summed E-state index contributed by atoms with van der Waals surface area (Å²) in [6.45, 7) is 4.39. The van der Waals surface area contributed by atoms with E-state index in [-0.39, 0.29) is 0 Å². The number of allylic oxidation sites excluding steroid dienone is 2. The average Bonchev–Trinajstić information content (AvgIpc) is 1.55. The molecule has 2 heteroatoms. The monoisotopic (exact) mass is 128 g/mol. The summed E-state index contributed by atoms with van der Waals surface area (Å²) in [5, 5.41) is 0. The highest BCUT2D eigenvalue weighted by Crippen LogP contribution is 2.19. The van der Waals surface area contributed by atoms with Crippen molar-refractivity contribution in [2.24, 2.45) is 0 Å². The smallest absolute Gasteiger partial charge is 0.229 e. The quantitative estimate of drug-likeness (QED) is 0.514. The third-order valence-electron chi connectivity index (χ3n) is 1.15. The molecule has 8 heavy (non-hydrogen) atoms. The molecule has 0 atom stereocenters. The molecule has 1 nitrogen and oxygen atoms in total. The van der Waals surface area contributed by atoms with Crippen LogP contribution in [0.3, 0.4) is 0 Å². The topological polar surface area (TPSA) is 9.23 Å². The highest BCUT2D eigenvalue weighted by molar-refractivity contribution is 6.48. The molecule has 46 valence electrons. The number of rotatable bonds is 2. The lowest BCUT2D eigenvalue weighted by Crippen LogP contribution is -2.10.